The molecule has 0 N–H and O–H groups in total. The quantitative estimate of drug-likeness (QED) is 0.570. The van der Waals surface area contributed by atoms with E-state index in [1.54, 1.807) is 5.57 Å². The predicted molar refractivity (Wildman–Crippen MR) is 120 cm³/mol. The van der Waals surface area contributed by atoms with Gasteiger partial charge in [0.15, 0.2) is 0 Å². The van der Waals surface area contributed by atoms with Crippen molar-refractivity contribution in [2.75, 3.05) is 0 Å². The molecule has 0 amide bonds. The third kappa shape index (κ3) is 3.49. The van der Waals surface area contributed by atoms with E-state index in [2.05, 4.69) is 26.0 Å². The first kappa shape index (κ1) is 22.2. The molecule has 33 heavy (non-hydrogen) atoms. The summed E-state index contributed by atoms with van der Waals surface area (Å²) in [6.07, 6.45) is 11.8. The van der Waals surface area contributed by atoms with E-state index in [1.807, 2.05) is 0 Å². The molecule has 5 atom stereocenters. The molecule has 1 aliphatic heterocycles. The summed E-state index contributed by atoms with van der Waals surface area (Å²) >= 11 is 0. The van der Waals surface area contributed by atoms with Crippen LogP contribution in [-0.4, -0.2) is 30.3 Å². The van der Waals surface area contributed by atoms with Crippen LogP contribution < -0.4 is 0 Å². The van der Waals surface area contributed by atoms with Crippen LogP contribution in [-0.2, 0) is 28.6 Å². The summed E-state index contributed by atoms with van der Waals surface area (Å²) in [6.45, 7) is 7.47. The first-order valence-electron chi connectivity index (χ1n) is 12.0. The number of hydrogen-bond acceptors (Lipinski definition) is 6. The maximum Gasteiger partial charge on any atom is 0.334 e. The van der Waals surface area contributed by atoms with Crippen LogP contribution >= 0.6 is 0 Å². The Morgan fingerprint density at radius 1 is 1.00 bits per heavy atom. The molecule has 6 nitrogen and oxygen atoms in total. The van der Waals surface area contributed by atoms with E-state index in [0.717, 1.165) is 50.5 Å². The molecular weight excluding hydrogens is 420 g/mol. The Morgan fingerprint density at radius 3 is 2.45 bits per heavy atom. The molecule has 5 aliphatic rings. The molecule has 6 heteroatoms. The van der Waals surface area contributed by atoms with Gasteiger partial charge >= 0.3 is 17.9 Å². The summed E-state index contributed by atoms with van der Waals surface area (Å²) in [5.74, 6) is -0.590. The van der Waals surface area contributed by atoms with Crippen molar-refractivity contribution in [2.24, 2.45) is 16.7 Å². The number of allylic oxidation sites excluding steroid dienone is 5. The highest BCUT2D eigenvalue weighted by atomic mass is 16.7. The van der Waals surface area contributed by atoms with Gasteiger partial charge in [0, 0.05) is 30.9 Å². The van der Waals surface area contributed by atoms with E-state index in [1.165, 1.54) is 31.1 Å². The monoisotopic (exact) mass is 452 g/mol. The van der Waals surface area contributed by atoms with Gasteiger partial charge in [-0.25, -0.2) is 4.79 Å². The Kier molecular flexibility index (Phi) is 5.18. The van der Waals surface area contributed by atoms with Crippen molar-refractivity contribution in [2.45, 2.75) is 85.0 Å². The standard InChI is InChI=1S/C27H32O6/c1-15(28)31-18-9-11-26(3)17(13-18)5-6-19-21-7-8-22(27(21,4)12-10-23(19)26)20-14-24(30)33-25(20)32-16(2)29/h7-8,14,17-18,25H,5-6,9-13H2,1-4H3/t17-,18-,25-,26+,27+/m1/s1. The van der Waals surface area contributed by atoms with Crippen molar-refractivity contribution in [1.29, 1.82) is 0 Å². The van der Waals surface area contributed by atoms with Crippen LogP contribution in [0.4, 0.5) is 0 Å². The number of carbonyl (C=O) groups is 3. The van der Waals surface area contributed by atoms with Crippen LogP contribution in [0.25, 0.3) is 0 Å². The molecule has 0 unspecified atom stereocenters. The van der Waals surface area contributed by atoms with Crippen LogP contribution in [0.3, 0.4) is 0 Å². The summed E-state index contributed by atoms with van der Waals surface area (Å²) in [7, 11) is 0. The maximum absolute atomic E-state index is 12.0. The molecule has 0 radical (unpaired) electrons. The zero-order chi connectivity index (χ0) is 23.5. The molecule has 0 bridgehead atoms. The summed E-state index contributed by atoms with van der Waals surface area (Å²) in [6, 6.07) is 0. The molecule has 0 aromatic rings. The van der Waals surface area contributed by atoms with Crippen molar-refractivity contribution in [3.63, 3.8) is 0 Å². The van der Waals surface area contributed by atoms with Gasteiger partial charge in [0.05, 0.1) is 0 Å². The number of esters is 3. The van der Waals surface area contributed by atoms with E-state index >= 15 is 0 Å². The van der Waals surface area contributed by atoms with Gasteiger partial charge < -0.3 is 14.2 Å². The van der Waals surface area contributed by atoms with E-state index < -0.39 is 18.2 Å². The van der Waals surface area contributed by atoms with Crippen molar-refractivity contribution in [3.8, 4) is 0 Å². The van der Waals surface area contributed by atoms with E-state index in [0.29, 0.717) is 11.5 Å². The molecule has 1 fully saturated rings. The smallest absolute Gasteiger partial charge is 0.334 e. The first-order chi connectivity index (χ1) is 15.6. The Hall–Kier alpha value is -2.63. The second-order valence-corrected chi connectivity index (χ2v) is 10.6. The van der Waals surface area contributed by atoms with Gasteiger partial charge in [0.25, 0.3) is 6.29 Å². The third-order valence-electron chi connectivity index (χ3n) is 8.70. The van der Waals surface area contributed by atoms with Crippen molar-refractivity contribution in [3.05, 3.63) is 46.1 Å². The topological polar surface area (TPSA) is 78.9 Å². The maximum atomic E-state index is 12.0. The van der Waals surface area contributed by atoms with Gasteiger partial charge in [0.1, 0.15) is 6.10 Å². The minimum absolute atomic E-state index is 0.0422. The van der Waals surface area contributed by atoms with E-state index in [-0.39, 0.29) is 22.9 Å². The minimum atomic E-state index is -0.967. The zero-order valence-corrected chi connectivity index (χ0v) is 19.9. The third-order valence-corrected chi connectivity index (χ3v) is 8.70. The fourth-order valence-electron chi connectivity index (χ4n) is 7.10. The molecule has 0 aromatic heterocycles. The normalized spacial score (nSPS) is 37.2. The number of cyclic esters (lactones) is 1. The second kappa shape index (κ2) is 7.71. The molecular formula is C27H32O6. The fraction of sp³-hybridized carbons (Fsp3) is 0.593. The fourth-order valence-corrected chi connectivity index (χ4v) is 7.10. The number of carbonyl (C=O) groups excluding carboxylic acids is 3. The highest BCUT2D eigenvalue weighted by molar-refractivity contribution is 5.88. The highest BCUT2D eigenvalue weighted by Crippen LogP contribution is 2.63. The molecule has 176 valence electrons. The summed E-state index contributed by atoms with van der Waals surface area (Å²) in [5.41, 5.74) is 5.97. The summed E-state index contributed by atoms with van der Waals surface area (Å²) in [4.78, 5) is 35.0. The van der Waals surface area contributed by atoms with Gasteiger partial charge in [-0.2, -0.15) is 0 Å². The lowest BCUT2D eigenvalue weighted by atomic mass is 9.52. The van der Waals surface area contributed by atoms with Crippen LogP contribution in [0, 0.1) is 16.7 Å². The van der Waals surface area contributed by atoms with Gasteiger partial charge in [0.2, 0.25) is 0 Å². The summed E-state index contributed by atoms with van der Waals surface area (Å²) < 4.78 is 16.1. The van der Waals surface area contributed by atoms with Crippen molar-refractivity contribution in [1.82, 2.24) is 0 Å². The molecule has 4 aliphatic carbocycles. The highest BCUT2D eigenvalue weighted by Gasteiger charge is 2.52. The number of ether oxygens (including phenoxy) is 3. The lowest BCUT2D eigenvalue weighted by Crippen LogP contribution is -2.44. The Morgan fingerprint density at radius 2 is 1.73 bits per heavy atom. The lowest BCUT2D eigenvalue weighted by molar-refractivity contribution is -0.172. The van der Waals surface area contributed by atoms with Crippen LogP contribution in [0.1, 0.15) is 72.6 Å². The first-order valence-corrected chi connectivity index (χ1v) is 12.0. The van der Waals surface area contributed by atoms with Crippen molar-refractivity contribution < 1.29 is 28.6 Å². The number of hydrogen-bond donors (Lipinski definition) is 0. The summed E-state index contributed by atoms with van der Waals surface area (Å²) in [5, 5.41) is 0. The number of rotatable bonds is 3. The SMILES string of the molecule is CC(=O)O[C@@H]1CC[C@]2(C)C3=C(CC[C@@H]2C1)C1=CC=C(C2=CC(=O)O[C@H]2OC(C)=O)[C@@]1(C)CC3. The van der Waals surface area contributed by atoms with E-state index in [9.17, 15) is 14.4 Å². The average molecular weight is 453 g/mol. The van der Waals surface area contributed by atoms with Crippen LogP contribution in [0.15, 0.2) is 46.1 Å². The predicted octanol–water partition coefficient (Wildman–Crippen LogP) is 4.85. The molecule has 0 spiro atoms. The van der Waals surface area contributed by atoms with Gasteiger partial charge in [-0.3, -0.25) is 9.59 Å². The Bertz CT molecular complexity index is 1060. The molecule has 0 aromatic carbocycles. The number of fused-ring (bicyclic) bond motifs is 4. The molecule has 5 rings (SSSR count). The van der Waals surface area contributed by atoms with E-state index in [4.69, 9.17) is 14.2 Å². The van der Waals surface area contributed by atoms with Gasteiger partial charge in [-0.05, 0) is 73.0 Å². The Balaban J connectivity index is 1.42. The van der Waals surface area contributed by atoms with Crippen molar-refractivity contribution >= 4 is 17.9 Å². The van der Waals surface area contributed by atoms with Crippen LogP contribution in [0.2, 0.25) is 0 Å². The second-order valence-electron chi connectivity index (χ2n) is 10.6. The zero-order valence-electron chi connectivity index (χ0n) is 19.9. The molecule has 1 saturated carbocycles. The van der Waals surface area contributed by atoms with Gasteiger partial charge in [-0.15, -0.1) is 0 Å². The minimum Gasteiger partial charge on any atom is -0.463 e. The molecule has 1 heterocycles. The van der Waals surface area contributed by atoms with Gasteiger partial charge in [-0.1, -0.05) is 31.6 Å². The average Bonchev–Trinajstić information content (AvgIpc) is 3.26. The Labute approximate surface area is 194 Å². The largest absolute Gasteiger partial charge is 0.463 e. The lowest BCUT2D eigenvalue weighted by Gasteiger charge is -2.53. The molecule has 0 saturated heterocycles. The van der Waals surface area contributed by atoms with Crippen LogP contribution in [0.5, 0.6) is 0 Å².